The molecule has 2 atom stereocenters. The van der Waals surface area contributed by atoms with Gasteiger partial charge < -0.3 is 4.90 Å². The third-order valence-electron chi connectivity index (χ3n) is 5.60. The summed E-state index contributed by atoms with van der Waals surface area (Å²) in [6.07, 6.45) is 7.15. The van der Waals surface area contributed by atoms with Crippen LogP contribution in [-0.4, -0.2) is 42.1 Å². The minimum absolute atomic E-state index is 0.624. The van der Waals surface area contributed by atoms with E-state index >= 15 is 0 Å². The molecule has 2 unspecified atom stereocenters. The number of anilines is 1. The monoisotopic (exact) mass is 282 g/mol. The van der Waals surface area contributed by atoms with Gasteiger partial charge in [0, 0.05) is 30.9 Å². The fraction of sp³-hybridized carbons (Fsp3) is 0.647. The van der Waals surface area contributed by atoms with Crippen molar-refractivity contribution in [1.82, 2.24) is 9.88 Å². The van der Waals surface area contributed by atoms with Gasteiger partial charge in [0.25, 0.3) is 0 Å². The normalized spacial score (nSPS) is 28.3. The van der Waals surface area contributed by atoms with Gasteiger partial charge in [-0.3, -0.25) is 4.90 Å². The van der Waals surface area contributed by atoms with E-state index in [0.717, 1.165) is 43.4 Å². The summed E-state index contributed by atoms with van der Waals surface area (Å²) in [6, 6.07) is 5.82. The van der Waals surface area contributed by atoms with Crippen molar-refractivity contribution in [3.63, 3.8) is 0 Å². The van der Waals surface area contributed by atoms with Crippen LogP contribution in [0.25, 0.3) is 0 Å². The lowest BCUT2D eigenvalue weighted by Gasteiger charge is -2.27. The van der Waals surface area contributed by atoms with Gasteiger partial charge in [-0.15, -0.1) is 0 Å². The van der Waals surface area contributed by atoms with E-state index in [9.17, 15) is 5.26 Å². The van der Waals surface area contributed by atoms with E-state index in [1.807, 2.05) is 0 Å². The van der Waals surface area contributed by atoms with Crippen LogP contribution in [0.4, 0.5) is 5.82 Å². The molecule has 0 spiro atoms. The van der Waals surface area contributed by atoms with Crippen molar-refractivity contribution < 1.29 is 0 Å². The molecule has 3 aliphatic rings. The van der Waals surface area contributed by atoms with Gasteiger partial charge in [0.05, 0.1) is 5.56 Å². The minimum Gasteiger partial charge on any atom is -0.354 e. The van der Waals surface area contributed by atoms with Gasteiger partial charge in [-0.25, -0.2) is 4.98 Å². The predicted molar refractivity (Wildman–Crippen MR) is 82.4 cm³/mol. The van der Waals surface area contributed by atoms with Crippen LogP contribution < -0.4 is 4.90 Å². The second kappa shape index (κ2) is 4.99. The van der Waals surface area contributed by atoms with E-state index in [4.69, 9.17) is 4.98 Å². The predicted octanol–water partition coefficient (Wildman–Crippen LogP) is 2.11. The fourth-order valence-electron chi connectivity index (χ4n) is 4.29. The number of nitriles is 1. The first-order chi connectivity index (χ1) is 10.3. The molecule has 1 aromatic heterocycles. The van der Waals surface area contributed by atoms with Crippen molar-refractivity contribution in [1.29, 1.82) is 5.26 Å². The molecule has 110 valence electrons. The summed E-state index contributed by atoms with van der Waals surface area (Å²) in [5, 5.41) is 9.51. The molecule has 0 amide bonds. The van der Waals surface area contributed by atoms with Crippen LogP contribution in [0, 0.1) is 11.3 Å². The van der Waals surface area contributed by atoms with Crippen molar-refractivity contribution in [2.75, 3.05) is 25.0 Å². The van der Waals surface area contributed by atoms with Gasteiger partial charge in [0.2, 0.25) is 0 Å². The zero-order valence-corrected chi connectivity index (χ0v) is 12.7. The number of rotatable bonds is 1. The molecule has 0 N–H and O–H groups in total. The van der Waals surface area contributed by atoms with Crippen LogP contribution in [0.3, 0.4) is 0 Å². The van der Waals surface area contributed by atoms with E-state index in [-0.39, 0.29) is 0 Å². The molecule has 21 heavy (non-hydrogen) atoms. The van der Waals surface area contributed by atoms with Gasteiger partial charge in [-0.1, -0.05) is 0 Å². The Balaban J connectivity index is 1.69. The van der Waals surface area contributed by atoms with Gasteiger partial charge in [0.15, 0.2) is 0 Å². The number of likely N-dealkylation sites (N-methyl/N-ethyl adjacent to an activating group) is 1. The van der Waals surface area contributed by atoms with Crippen molar-refractivity contribution in [2.24, 2.45) is 0 Å². The molecule has 2 bridgehead atoms. The molecule has 0 aromatic carbocycles. The second-order valence-electron chi connectivity index (χ2n) is 6.72. The summed E-state index contributed by atoms with van der Waals surface area (Å²) in [6.45, 7) is 2.06. The van der Waals surface area contributed by atoms with Crippen molar-refractivity contribution >= 4 is 5.82 Å². The van der Waals surface area contributed by atoms with E-state index in [1.165, 1.54) is 36.9 Å². The van der Waals surface area contributed by atoms with Gasteiger partial charge in [-0.2, -0.15) is 5.26 Å². The van der Waals surface area contributed by atoms with Gasteiger partial charge in [0.1, 0.15) is 11.9 Å². The third-order valence-corrected chi connectivity index (χ3v) is 5.60. The molecular weight excluding hydrogens is 260 g/mol. The fourth-order valence-corrected chi connectivity index (χ4v) is 4.29. The molecule has 1 aromatic rings. The van der Waals surface area contributed by atoms with Crippen molar-refractivity contribution in [3.8, 4) is 6.07 Å². The Morgan fingerprint density at radius 2 is 2.10 bits per heavy atom. The Kier molecular flexibility index (Phi) is 3.11. The second-order valence-corrected chi connectivity index (χ2v) is 6.72. The highest BCUT2D eigenvalue weighted by Gasteiger charge is 2.35. The van der Waals surface area contributed by atoms with Crippen LogP contribution in [0.1, 0.15) is 42.5 Å². The van der Waals surface area contributed by atoms with Crippen LogP contribution >= 0.6 is 0 Å². The average molecular weight is 282 g/mol. The standard InChI is InChI=1S/C17H22N4/c1-20-14-5-6-15(20)11-21(8-7-14)17-13(10-18)9-12-3-2-4-16(12)19-17/h9,14-15H,2-8,11H2,1H3. The lowest BCUT2D eigenvalue weighted by atomic mass is 10.1. The smallest absolute Gasteiger partial charge is 0.146 e. The van der Waals surface area contributed by atoms with Crippen LogP contribution in [0.15, 0.2) is 6.07 Å². The van der Waals surface area contributed by atoms with Crippen LogP contribution in [0.5, 0.6) is 0 Å². The third kappa shape index (κ3) is 2.11. The van der Waals surface area contributed by atoms with E-state index in [2.05, 4.69) is 29.0 Å². The van der Waals surface area contributed by atoms with Gasteiger partial charge in [-0.05, 0) is 57.2 Å². The van der Waals surface area contributed by atoms with Crippen LogP contribution in [0.2, 0.25) is 0 Å². The molecule has 4 heteroatoms. The Hall–Kier alpha value is -1.60. The number of hydrogen-bond acceptors (Lipinski definition) is 4. The minimum atomic E-state index is 0.624. The maximum Gasteiger partial charge on any atom is 0.146 e. The molecule has 3 heterocycles. The molecule has 2 saturated heterocycles. The van der Waals surface area contributed by atoms with Crippen molar-refractivity contribution in [2.45, 2.75) is 50.6 Å². The maximum atomic E-state index is 9.51. The summed E-state index contributed by atoms with van der Waals surface area (Å²) in [5.41, 5.74) is 3.30. The number of aromatic nitrogens is 1. The van der Waals surface area contributed by atoms with E-state index in [0.29, 0.717) is 6.04 Å². The Morgan fingerprint density at radius 1 is 1.24 bits per heavy atom. The first-order valence-electron chi connectivity index (χ1n) is 8.16. The lowest BCUT2D eigenvalue weighted by molar-refractivity contribution is 0.254. The maximum absolute atomic E-state index is 9.51. The molecule has 0 saturated carbocycles. The van der Waals surface area contributed by atoms with E-state index < -0.39 is 0 Å². The summed E-state index contributed by atoms with van der Waals surface area (Å²) in [7, 11) is 2.26. The first kappa shape index (κ1) is 13.1. The first-order valence-corrected chi connectivity index (χ1v) is 8.16. The largest absolute Gasteiger partial charge is 0.354 e. The summed E-state index contributed by atoms with van der Waals surface area (Å²) in [4.78, 5) is 9.80. The molecule has 1 aliphatic carbocycles. The average Bonchev–Trinajstić information content (AvgIpc) is 3.02. The summed E-state index contributed by atoms with van der Waals surface area (Å²) < 4.78 is 0. The molecule has 2 fully saturated rings. The molecular formula is C17H22N4. The van der Waals surface area contributed by atoms with Crippen molar-refractivity contribution in [3.05, 3.63) is 22.9 Å². The molecule has 0 radical (unpaired) electrons. The number of aryl methyl sites for hydroxylation is 2. The quantitative estimate of drug-likeness (QED) is 0.791. The highest BCUT2D eigenvalue weighted by Crippen LogP contribution is 2.33. The zero-order chi connectivity index (χ0) is 14.4. The summed E-state index contributed by atoms with van der Waals surface area (Å²) in [5.74, 6) is 0.944. The molecule has 2 aliphatic heterocycles. The number of hydrogen-bond donors (Lipinski definition) is 0. The Bertz CT molecular complexity index is 604. The number of nitrogens with zero attached hydrogens (tertiary/aromatic N) is 4. The van der Waals surface area contributed by atoms with E-state index in [1.54, 1.807) is 0 Å². The zero-order valence-electron chi connectivity index (χ0n) is 12.7. The van der Waals surface area contributed by atoms with Gasteiger partial charge >= 0.3 is 0 Å². The van der Waals surface area contributed by atoms with Crippen LogP contribution in [-0.2, 0) is 12.8 Å². The topological polar surface area (TPSA) is 43.2 Å². The molecule has 4 nitrogen and oxygen atoms in total. The number of pyridine rings is 1. The molecule has 4 rings (SSSR count). The SMILES string of the molecule is CN1C2CCC1CN(c1nc3c(cc1C#N)CCC3)CC2. The highest BCUT2D eigenvalue weighted by molar-refractivity contribution is 5.57. The summed E-state index contributed by atoms with van der Waals surface area (Å²) >= 11 is 0. The number of fused-ring (bicyclic) bond motifs is 3. The highest BCUT2D eigenvalue weighted by atomic mass is 15.3. The lowest BCUT2D eigenvalue weighted by Crippen LogP contribution is -2.37. The Morgan fingerprint density at radius 3 is 2.95 bits per heavy atom. The Labute approximate surface area is 126 Å².